The minimum absolute atomic E-state index is 0.0856. The molecule has 0 atom stereocenters. The predicted octanol–water partition coefficient (Wildman–Crippen LogP) is 3.18. The summed E-state index contributed by atoms with van der Waals surface area (Å²) < 4.78 is 15.9. The van der Waals surface area contributed by atoms with Crippen LogP contribution in [0.2, 0.25) is 0 Å². The number of carbonyl (C=O) groups excluding carboxylic acids is 2. The van der Waals surface area contributed by atoms with E-state index in [0.717, 1.165) is 43.6 Å². The molecule has 0 aliphatic carbocycles. The quantitative estimate of drug-likeness (QED) is 0.304. The highest BCUT2D eigenvalue weighted by Gasteiger charge is 2.31. The first-order valence-electron chi connectivity index (χ1n) is 11.3. The van der Waals surface area contributed by atoms with E-state index in [1.165, 1.54) is 6.42 Å². The number of hydrogen-bond acceptors (Lipinski definition) is 8. The van der Waals surface area contributed by atoms with Crippen LogP contribution in [0.5, 0.6) is 11.5 Å². The fraction of sp³-hybridized carbons (Fsp3) is 0.583. The smallest absolute Gasteiger partial charge is 0.342 e. The lowest BCUT2D eigenvalue weighted by atomic mass is 9.94. The van der Waals surface area contributed by atoms with Gasteiger partial charge in [-0.3, -0.25) is 10.2 Å². The third kappa shape index (κ3) is 5.81. The Morgan fingerprint density at radius 3 is 2.84 bits per heavy atom. The SMILES string of the molecule is COc1c(C)c2c(c(O)c1CC=C(C)CCC(=O)OCCCCN1CCCN1)C(=O)OC2. The normalized spacial score (nSPS) is 16.2. The number of phenolic OH excluding ortho intramolecular Hbond substituents is 1. The number of methoxy groups -OCH3 is 1. The summed E-state index contributed by atoms with van der Waals surface area (Å²) in [5, 5.41) is 12.9. The topological polar surface area (TPSA) is 97.3 Å². The molecule has 0 amide bonds. The molecular weight excluding hydrogens is 412 g/mol. The summed E-state index contributed by atoms with van der Waals surface area (Å²) in [6, 6.07) is 0. The number of hydrogen-bond donors (Lipinski definition) is 2. The lowest BCUT2D eigenvalue weighted by molar-refractivity contribution is -0.143. The number of cyclic esters (lactones) is 1. The van der Waals surface area contributed by atoms with Crippen molar-refractivity contribution in [3.63, 3.8) is 0 Å². The molecule has 0 bridgehead atoms. The van der Waals surface area contributed by atoms with Crippen molar-refractivity contribution >= 4 is 11.9 Å². The molecule has 0 radical (unpaired) electrons. The Labute approximate surface area is 189 Å². The molecule has 1 fully saturated rings. The van der Waals surface area contributed by atoms with Gasteiger partial charge in [0.15, 0.2) is 0 Å². The number of ether oxygens (including phenoxy) is 3. The van der Waals surface area contributed by atoms with Crippen molar-refractivity contribution in [3.8, 4) is 11.5 Å². The Morgan fingerprint density at radius 1 is 1.31 bits per heavy atom. The first kappa shape index (κ1) is 24.1. The molecule has 32 heavy (non-hydrogen) atoms. The summed E-state index contributed by atoms with van der Waals surface area (Å²) in [6.45, 7) is 7.51. The van der Waals surface area contributed by atoms with Gasteiger partial charge >= 0.3 is 11.9 Å². The Balaban J connectivity index is 1.46. The van der Waals surface area contributed by atoms with E-state index >= 15 is 0 Å². The number of rotatable bonds is 11. The van der Waals surface area contributed by atoms with Crippen LogP contribution < -0.4 is 10.2 Å². The van der Waals surface area contributed by atoms with Crippen LogP contribution in [0.3, 0.4) is 0 Å². The van der Waals surface area contributed by atoms with Gasteiger partial charge in [-0.2, -0.15) is 0 Å². The number of allylic oxidation sites excluding steroid dienone is 2. The Hall–Kier alpha value is -2.58. The van der Waals surface area contributed by atoms with E-state index in [1.54, 1.807) is 7.11 Å². The molecule has 2 N–H and O–H groups in total. The Morgan fingerprint density at radius 2 is 2.12 bits per heavy atom. The first-order chi connectivity index (χ1) is 15.4. The van der Waals surface area contributed by atoms with Crippen molar-refractivity contribution < 1.29 is 28.9 Å². The molecule has 0 spiro atoms. The zero-order valence-electron chi connectivity index (χ0n) is 19.3. The average Bonchev–Trinajstić information content (AvgIpc) is 3.43. The monoisotopic (exact) mass is 446 g/mol. The average molecular weight is 447 g/mol. The predicted molar refractivity (Wildman–Crippen MR) is 120 cm³/mol. The number of aromatic hydroxyl groups is 1. The molecule has 8 nitrogen and oxygen atoms in total. The second-order valence-electron chi connectivity index (χ2n) is 8.35. The molecule has 0 aromatic heterocycles. The number of nitrogens with zero attached hydrogens (tertiary/aromatic N) is 1. The molecule has 2 aliphatic heterocycles. The largest absolute Gasteiger partial charge is 0.507 e. The van der Waals surface area contributed by atoms with Gasteiger partial charge in [-0.1, -0.05) is 11.6 Å². The highest BCUT2D eigenvalue weighted by atomic mass is 16.5. The van der Waals surface area contributed by atoms with E-state index in [0.29, 0.717) is 42.7 Å². The minimum Gasteiger partial charge on any atom is -0.507 e. The zero-order chi connectivity index (χ0) is 23.1. The van der Waals surface area contributed by atoms with E-state index in [9.17, 15) is 14.7 Å². The van der Waals surface area contributed by atoms with Crippen molar-refractivity contribution in [2.75, 3.05) is 33.4 Å². The third-order valence-electron chi connectivity index (χ3n) is 6.05. The van der Waals surface area contributed by atoms with Gasteiger partial charge in [0, 0.05) is 37.2 Å². The van der Waals surface area contributed by atoms with Gasteiger partial charge in [0.1, 0.15) is 23.7 Å². The molecule has 1 aromatic rings. The molecule has 1 aromatic carbocycles. The minimum atomic E-state index is -0.510. The maximum Gasteiger partial charge on any atom is 0.342 e. The van der Waals surface area contributed by atoms with Gasteiger partial charge in [-0.25, -0.2) is 9.80 Å². The number of fused-ring (bicyclic) bond motifs is 1. The van der Waals surface area contributed by atoms with Gasteiger partial charge in [-0.15, -0.1) is 0 Å². The standard InChI is InChI=1S/C24H34N2O6/c1-16(8-10-20(27)31-14-5-4-12-26-13-6-11-25-26)7-9-18-22(28)21-19(15-32-24(21)29)17(2)23(18)30-3/h7,25,28H,4-6,8-15H2,1-3H3. The van der Waals surface area contributed by atoms with Gasteiger partial charge in [-0.05, 0) is 51.5 Å². The summed E-state index contributed by atoms with van der Waals surface area (Å²) in [5.41, 5.74) is 6.58. The molecule has 1 saturated heterocycles. The maximum absolute atomic E-state index is 12.0. The molecule has 0 saturated carbocycles. The number of carbonyl (C=O) groups is 2. The van der Waals surface area contributed by atoms with Crippen LogP contribution >= 0.6 is 0 Å². The second kappa shape index (κ2) is 11.3. The summed E-state index contributed by atoms with van der Waals surface area (Å²) in [6.07, 6.45) is 6.27. The van der Waals surface area contributed by atoms with Crippen LogP contribution in [0.25, 0.3) is 0 Å². The third-order valence-corrected chi connectivity index (χ3v) is 6.05. The van der Waals surface area contributed by atoms with Gasteiger partial charge in [0.25, 0.3) is 0 Å². The summed E-state index contributed by atoms with van der Waals surface area (Å²) in [4.78, 5) is 24.0. The number of nitrogens with one attached hydrogen (secondary N) is 1. The number of benzene rings is 1. The Bertz CT molecular complexity index is 874. The van der Waals surface area contributed by atoms with Crippen LogP contribution in [0.1, 0.15) is 66.1 Å². The summed E-state index contributed by atoms with van der Waals surface area (Å²) in [7, 11) is 1.55. The van der Waals surface area contributed by atoms with Gasteiger partial charge in [0.05, 0.1) is 13.7 Å². The lowest BCUT2D eigenvalue weighted by Gasteiger charge is -2.15. The number of unbranched alkanes of at least 4 members (excludes halogenated alkanes) is 1. The highest BCUT2D eigenvalue weighted by molar-refractivity contribution is 5.98. The molecule has 176 valence electrons. The van der Waals surface area contributed by atoms with Crippen molar-refractivity contribution in [1.29, 1.82) is 0 Å². The first-order valence-corrected chi connectivity index (χ1v) is 11.3. The van der Waals surface area contributed by atoms with Crippen molar-refractivity contribution in [2.24, 2.45) is 0 Å². The molecule has 2 aliphatic rings. The van der Waals surface area contributed by atoms with Crippen LogP contribution in [-0.2, 0) is 27.3 Å². The van der Waals surface area contributed by atoms with Gasteiger partial charge < -0.3 is 19.3 Å². The van der Waals surface area contributed by atoms with Crippen LogP contribution in [0, 0.1) is 6.92 Å². The van der Waals surface area contributed by atoms with E-state index in [-0.39, 0.29) is 23.9 Å². The van der Waals surface area contributed by atoms with E-state index in [1.807, 2.05) is 19.9 Å². The highest BCUT2D eigenvalue weighted by Crippen LogP contribution is 2.42. The van der Waals surface area contributed by atoms with Crippen LogP contribution in [0.15, 0.2) is 11.6 Å². The van der Waals surface area contributed by atoms with E-state index in [4.69, 9.17) is 14.2 Å². The fourth-order valence-corrected chi connectivity index (χ4v) is 4.15. The molecular formula is C24H34N2O6. The zero-order valence-corrected chi connectivity index (χ0v) is 19.3. The second-order valence-corrected chi connectivity index (χ2v) is 8.35. The van der Waals surface area contributed by atoms with Gasteiger partial charge in [0.2, 0.25) is 0 Å². The summed E-state index contributed by atoms with van der Waals surface area (Å²) in [5.74, 6) is -0.233. The lowest BCUT2D eigenvalue weighted by Crippen LogP contribution is -2.31. The number of hydrazine groups is 1. The number of phenols is 1. The summed E-state index contributed by atoms with van der Waals surface area (Å²) >= 11 is 0. The fourth-order valence-electron chi connectivity index (χ4n) is 4.15. The maximum atomic E-state index is 12.0. The van der Waals surface area contributed by atoms with Crippen molar-refractivity contribution in [1.82, 2.24) is 10.4 Å². The molecule has 8 heteroatoms. The van der Waals surface area contributed by atoms with E-state index in [2.05, 4.69) is 10.4 Å². The van der Waals surface area contributed by atoms with Crippen molar-refractivity contribution in [2.45, 2.75) is 59.0 Å². The Kier molecular flexibility index (Phi) is 8.53. The molecule has 0 unspecified atom stereocenters. The van der Waals surface area contributed by atoms with Crippen LogP contribution in [-0.4, -0.2) is 55.4 Å². The molecule has 2 heterocycles. The van der Waals surface area contributed by atoms with Crippen molar-refractivity contribution in [3.05, 3.63) is 33.9 Å². The molecule has 3 rings (SSSR count). The van der Waals surface area contributed by atoms with E-state index < -0.39 is 5.97 Å². The number of esters is 2. The van der Waals surface area contributed by atoms with Crippen LogP contribution in [0.4, 0.5) is 0 Å².